The van der Waals surface area contributed by atoms with E-state index in [1.165, 1.54) is 6.42 Å². The van der Waals surface area contributed by atoms with E-state index in [9.17, 15) is 0 Å². The van der Waals surface area contributed by atoms with Crippen LogP contribution in [0.3, 0.4) is 0 Å². The SMILES string of the molecule is NC1=NC=CN2C=CC(C3CCNC3)N=C12. The number of rotatable bonds is 1. The molecule has 0 spiro atoms. The predicted molar refractivity (Wildman–Crippen MR) is 63.9 cm³/mol. The molecule has 0 aliphatic carbocycles. The molecule has 5 nitrogen and oxygen atoms in total. The minimum Gasteiger partial charge on any atom is -0.381 e. The average Bonchev–Trinajstić information content (AvgIpc) is 2.83. The van der Waals surface area contributed by atoms with Crippen LogP contribution < -0.4 is 11.1 Å². The third-order valence-electron chi connectivity index (χ3n) is 3.21. The fourth-order valence-electron chi connectivity index (χ4n) is 2.30. The molecule has 2 atom stereocenters. The maximum absolute atomic E-state index is 5.83. The lowest BCUT2D eigenvalue weighted by Gasteiger charge is -2.28. The Kier molecular flexibility index (Phi) is 2.25. The third kappa shape index (κ3) is 1.53. The number of hydrogen-bond acceptors (Lipinski definition) is 5. The zero-order valence-electron chi connectivity index (χ0n) is 9.00. The first-order chi connectivity index (χ1) is 7.84. The summed E-state index contributed by atoms with van der Waals surface area (Å²) in [5.41, 5.74) is 5.83. The molecule has 2 unspecified atom stereocenters. The maximum Gasteiger partial charge on any atom is 0.175 e. The monoisotopic (exact) mass is 217 g/mol. The molecule has 1 fully saturated rings. The van der Waals surface area contributed by atoms with E-state index in [2.05, 4.69) is 21.4 Å². The lowest BCUT2D eigenvalue weighted by molar-refractivity contribution is 0.503. The molecule has 1 saturated heterocycles. The summed E-state index contributed by atoms with van der Waals surface area (Å²) in [4.78, 5) is 10.7. The minimum absolute atomic E-state index is 0.238. The molecular formula is C11H15N5. The van der Waals surface area contributed by atoms with Gasteiger partial charge in [-0.15, -0.1) is 0 Å². The fourth-order valence-corrected chi connectivity index (χ4v) is 2.30. The summed E-state index contributed by atoms with van der Waals surface area (Å²) in [6.45, 7) is 2.13. The summed E-state index contributed by atoms with van der Waals surface area (Å²) in [5, 5.41) is 3.36. The number of nitrogens with two attached hydrogens (primary N) is 1. The molecule has 3 aliphatic heterocycles. The van der Waals surface area contributed by atoms with E-state index in [0.717, 1.165) is 18.9 Å². The average molecular weight is 217 g/mol. The quantitative estimate of drug-likeness (QED) is 0.651. The van der Waals surface area contributed by atoms with Crippen LogP contribution in [-0.4, -0.2) is 35.7 Å². The Morgan fingerprint density at radius 2 is 2.38 bits per heavy atom. The van der Waals surface area contributed by atoms with Crippen LogP contribution in [0.1, 0.15) is 6.42 Å². The molecule has 0 bridgehead atoms. The Bertz CT molecular complexity index is 401. The van der Waals surface area contributed by atoms with Crippen LogP contribution in [0.5, 0.6) is 0 Å². The normalized spacial score (nSPS) is 32.4. The van der Waals surface area contributed by atoms with E-state index >= 15 is 0 Å². The molecule has 3 N–H and O–H groups in total. The summed E-state index contributed by atoms with van der Waals surface area (Å²) >= 11 is 0. The van der Waals surface area contributed by atoms with Gasteiger partial charge in [0, 0.05) is 25.1 Å². The molecule has 0 radical (unpaired) electrons. The van der Waals surface area contributed by atoms with E-state index < -0.39 is 0 Å². The van der Waals surface area contributed by atoms with Gasteiger partial charge in [0.05, 0.1) is 6.04 Å². The van der Waals surface area contributed by atoms with Crippen molar-refractivity contribution in [2.45, 2.75) is 12.5 Å². The van der Waals surface area contributed by atoms with Crippen molar-refractivity contribution >= 4 is 11.7 Å². The molecule has 3 rings (SSSR count). The largest absolute Gasteiger partial charge is 0.381 e. The summed E-state index contributed by atoms with van der Waals surface area (Å²) < 4.78 is 0. The van der Waals surface area contributed by atoms with Crippen LogP contribution >= 0.6 is 0 Å². The Morgan fingerprint density at radius 1 is 1.44 bits per heavy atom. The van der Waals surface area contributed by atoms with E-state index in [1.807, 2.05) is 17.3 Å². The molecule has 0 amide bonds. The van der Waals surface area contributed by atoms with Gasteiger partial charge in [0.25, 0.3) is 0 Å². The van der Waals surface area contributed by atoms with Gasteiger partial charge < -0.3 is 16.0 Å². The van der Waals surface area contributed by atoms with Crippen LogP contribution in [-0.2, 0) is 0 Å². The van der Waals surface area contributed by atoms with Gasteiger partial charge in [-0.1, -0.05) is 0 Å². The fraction of sp³-hybridized carbons (Fsp3) is 0.455. The van der Waals surface area contributed by atoms with Crippen LogP contribution in [0.25, 0.3) is 0 Å². The van der Waals surface area contributed by atoms with Crippen molar-refractivity contribution < 1.29 is 0 Å². The van der Waals surface area contributed by atoms with E-state index in [4.69, 9.17) is 5.73 Å². The number of nitrogens with zero attached hydrogens (tertiary/aromatic N) is 3. The Labute approximate surface area is 94.4 Å². The summed E-state index contributed by atoms with van der Waals surface area (Å²) in [6.07, 6.45) is 8.91. The van der Waals surface area contributed by atoms with E-state index in [0.29, 0.717) is 11.8 Å². The summed E-state index contributed by atoms with van der Waals surface area (Å²) in [7, 11) is 0. The molecule has 3 heterocycles. The predicted octanol–water partition coefficient (Wildman–Crippen LogP) is 0.0343. The molecule has 0 saturated carbocycles. The van der Waals surface area contributed by atoms with Gasteiger partial charge in [-0.3, -0.25) is 4.99 Å². The van der Waals surface area contributed by atoms with Crippen LogP contribution in [0.15, 0.2) is 34.7 Å². The number of amidine groups is 2. The molecule has 0 aromatic heterocycles. The van der Waals surface area contributed by atoms with Gasteiger partial charge in [0.2, 0.25) is 0 Å². The Hall–Kier alpha value is -1.62. The van der Waals surface area contributed by atoms with Crippen molar-refractivity contribution in [2.24, 2.45) is 21.6 Å². The lowest BCUT2D eigenvalue weighted by atomic mass is 9.98. The minimum atomic E-state index is 0.238. The van der Waals surface area contributed by atoms with Crippen molar-refractivity contribution in [1.82, 2.24) is 10.2 Å². The molecule has 5 heteroatoms. The first kappa shape index (κ1) is 9.59. The van der Waals surface area contributed by atoms with Gasteiger partial charge in [-0.05, 0) is 25.0 Å². The zero-order chi connectivity index (χ0) is 11.0. The van der Waals surface area contributed by atoms with Crippen molar-refractivity contribution in [2.75, 3.05) is 13.1 Å². The molecule has 0 aromatic carbocycles. The van der Waals surface area contributed by atoms with Gasteiger partial charge in [-0.2, -0.15) is 0 Å². The van der Waals surface area contributed by atoms with E-state index in [-0.39, 0.29) is 6.04 Å². The molecular weight excluding hydrogens is 202 g/mol. The van der Waals surface area contributed by atoms with Crippen molar-refractivity contribution in [1.29, 1.82) is 0 Å². The summed E-state index contributed by atoms with van der Waals surface area (Å²) in [6, 6.07) is 0.238. The maximum atomic E-state index is 5.83. The van der Waals surface area contributed by atoms with Crippen LogP contribution in [0, 0.1) is 5.92 Å². The number of hydrogen-bond donors (Lipinski definition) is 2. The second-order valence-corrected chi connectivity index (χ2v) is 4.26. The smallest absolute Gasteiger partial charge is 0.175 e. The highest BCUT2D eigenvalue weighted by atomic mass is 15.2. The second-order valence-electron chi connectivity index (χ2n) is 4.26. The number of aliphatic imine (C=N–C) groups is 2. The molecule has 0 aromatic rings. The van der Waals surface area contributed by atoms with Crippen LogP contribution in [0.2, 0.25) is 0 Å². The topological polar surface area (TPSA) is 66.0 Å². The van der Waals surface area contributed by atoms with Crippen molar-refractivity contribution in [3.8, 4) is 0 Å². The summed E-state index contributed by atoms with van der Waals surface area (Å²) in [5.74, 6) is 1.87. The van der Waals surface area contributed by atoms with Gasteiger partial charge in [0.1, 0.15) is 0 Å². The standard InChI is InChI=1S/C11H15N5/c12-10-11-15-9(8-1-3-13-7-8)2-5-16(11)6-4-14-10/h2,4-6,8-9,13H,1,3,7H2,(H2,12,14). The van der Waals surface area contributed by atoms with Gasteiger partial charge in [-0.25, -0.2) is 4.99 Å². The van der Waals surface area contributed by atoms with Gasteiger partial charge in [0.15, 0.2) is 11.7 Å². The van der Waals surface area contributed by atoms with Crippen molar-refractivity contribution in [3.05, 3.63) is 24.7 Å². The van der Waals surface area contributed by atoms with E-state index in [1.54, 1.807) is 6.20 Å². The number of nitrogens with one attached hydrogen (secondary N) is 1. The highest BCUT2D eigenvalue weighted by molar-refractivity contribution is 6.41. The first-order valence-electron chi connectivity index (χ1n) is 5.60. The highest BCUT2D eigenvalue weighted by Gasteiger charge is 2.27. The Morgan fingerprint density at radius 3 is 3.19 bits per heavy atom. The zero-order valence-corrected chi connectivity index (χ0v) is 9.00. The molecule has 84 valence electrons. The van der Waals surface area contributed by atoms with Gasteiger partial charge >= 0.3 is 0 Å². The molecule has 16 heavy (non-hydrogen) atoms. The highest BCUT2D eigenvalue weighted by Crippen LogP contribution is 2.21. The first-order valence-corrected chi connectivity index (χ1v) is 5.60. The second kappa shape index (κ2) is 3.75. The lowest BCUT2D eigenvalue weighted by Crippen LogP contribution is -2.40. The third-order valence-corrected chi connectivity index (χ3v) is 3.21. The number of fused-ring (bicyclic) bond motifs is 1. The van der Waals surface area contributed by atoms with Crippen LogP contribution in [0.4, 0.5) is 0 Å². The molecule has 3 aliphatic rings. The Balaban J connectivity index is 1.85. The van der Waals surface area contributed by atoms with Crippen molar-refractivity contribution in [3.63, 3.8) is 0 Å².